The van der Waals surface area contributed by atoms with Gasteiger partial charge in [0.25, 0.3) is 0 Å². The van der Waals surface area contributed by atoms with Crippen LogP contribution in [0, 0.1) is 6.92 Å². The Balaban J connectivity index is 2.34. The Labute approximate surface area is 151 Å². The van der Waals surface area contributed by atoms with Gasteiger partial charge in [-0.25, -0.2) is 18.4 Å². The van der Waals surface area contributed by atoms with Crippen molar-refractivity contribution in [2.75, 3.05) is 10.0 Å². The summed E-state index contributed by atoms with van der Waals surface area (Å²) in [5, 5.41) is 3.49. The molecule has 0 spiro atoms. The van der Waals surface area contributed by atoms with Crippen molar-refractivity contribution in [1.29, 1.82) is 0 Å². The molecule has 0 aliphatic heterocycles. The van der Waals surface area contributed by atoms with Gasteiger partial charge in [-0.05, 0) is 57.5 Å². The summed E-state index contributed by atoms with van der Waals surface area (Å²) in [5.41, 5.74) is 1.70. The van der Waals surface area contributed by atoms with E-state index in [4.69, 9.17) is 23.2 Å². The van der Waals surface area contributed by atoms with E-state index in [1.165, 1.54) is 0 Å². The Morgan fingerprint density at radius 3 is 2.46 bits per heavy atom. The SMILES string of the molecule is Cc1cnc(Cl)nc1Nc1ccc(Cl)c(NS(=O)(=O)C(C)(C)C)c1. The molecule has 6 nitrogen and oxygen atoms in total. The van der Waals surface area contributed by atoms with Crippen LogP contribution in [0.2, 0.25) is 10.3 Å². The molecule has 1 heterocycles. The third kappa shape index (κ3) is 4.28. The van der Waals surface area contributed by atoms with Crippen molar-refractivity contribution in [2.24, 2.45) is 0 Å². The summed E-state index contributed by atoms with van der Waals surface area (Å²) in [6.07, 6.45) is 1.59. The average Bonchev–Trinajstić information content (AvgIpc) is 2.45. The number of hydrogen-bond acceptors (Lipinski definition) is 5. The fraction of sp³-hybridized carbons (Fsp3) is 0.333. The molecule has 0 aliphatic carbocycles. The van der Waals surface area contributed by atoms with E-state index in [1.807, 2.05) is 6.92 Å². The average molecular weight is 389 g/mol. The molecule has 0 bridgehead atoms. The molecular formula is C15H18Cl2N4O2S. The van der Waals surface area contributed by atoms with E-state index in [0.717, 1.165) is 5.56 Å². The van der Waals surface area contributed by atoms with Crippen LogP contribution in [0.4, 0.5) is 17.2 Å². The molecule has 0 unspecified atom stereocenters. The topological polar surface area (TPSA) is 84.0 Å². The Kier molecular flexibility index (Phi) is 5.27. The van der Waals surface area contributed by atoms with Gasteiger partial charge in [0, 0.05) is 17.4 Å². The van der Waals surface area contributed by atoms with Crippen LogP contribution in [-0.2, 0) is 10.0 Å². The van der Waals surface area contributed by atoms with Crippen LogP contribution in [0.5, 0.6) is 0 Å². The van der Waals surface area contributed by atoms with Crippen molar-refractivity contribution in [2.45, 2.75) is 32.4 Å². The van der Waals surface area contributed by atoms with Gasteiger partial charge in [-0.15, -0.1) is 0 Å². The van der Waals surface area contributed by atoms with Gasteiger partial charge < -0.3 is 5.32 Å². The monoisotopic (exact) mass is 388 g/mol. The molecule has 0 atom stereocenters. The smallest absolute Gasteiger partial charge is 0.237 e. The quantitative estimate of drug-likeness (QED) is 0.759. The zero-order valence-corrected chi connectivity index (χ0v) is 16.0. The zero-order valence-electron chi connectivity index (χ0n) is 13.7. The number of sulfonamides is 1. The second-order valence-corrected chi connectivity index (χ2v) is 9.39. The van der Waals surface area contributed by atoms with E-state index in [9.17, 15) is 8.42 Å². The maximum Gasteiger partial charge on any atom is 0.237 e. The fourth-order valence-corrected chi connectivity index (χ4v) is 2.78. The lowest BCUT2D eigenvalue weighted by Crippen LogP contribution is -2.33. The Bertz CT molecular complexity index is 864. The number of nitrogens with zero attached hydrogens (tertiary/aromatic N) is 2. The molecule has 0 saturated carbocycles. The fourth-order valence-electron chi connectivity index (χ4n) is 1.66. The van der Waals surface area contributed by atoms with Crippen LogP contribution >= 0.6 is 23.2 Å². The van der Waals surface area contributed by atoms with Crippen molar-refractivity contribution in [3.8, 4) is 0 Å². The van der Waals surface area contributed by atoms with Crippen molar-refractivity contribution in [1.82, 2.24) is 9.97 Å². The van der Waals surface area contributed by atoms with Crippen molar-refractivity contribution < 1.29 is 8.42 Å². The molecule has 1 aromatic heterocycles. The van der Waals surface area contributed by atoms with E-state index in [2.05, 4.69) is 20.0 Å². The molecular weight excluding hydrogens is 371 g/mol. The number of halogens is 2. The maximum absolute atomic E-state index is 12.3. The number of rotatable bonds is 4. The Morgan fingerprint density at radius 2 is 1.83 bits per heavy atom. The highest BCUT2D eigenvalue weighted by Crippen LogP contribution is 2.30. The molecule has 1 aromatic carbocycles. The highest BCUT2D eigenvalue weighted by molar-refractivity contribution is 7.94. The third-order valence-electron chi connectivity index (χ3n) is 3.22. The number of anilines is 3. The summed E-state index contributed by atoms with van der Waals surface area (Å²) in [4.78, 5) is 8.00. The third-order valence-corrected chi connectivity index (χ3v) is 5.83. The Morgan fingerprint density at radius 1 is 1.17 bits per heavy atom. The largest absolute Gasteiger partial charge is 0.340 e. The summed E-state index contributed by atoms with van der Waals surface area (Å²) < 4.78 is 26.2. The normalized spacial score (nSPS) is 12.1. The highest BCUT2D eigenvalue weighted by Gasteiger charge is 2.29. The number of aromatic nitrogens is 2. The number of nitrogens with one attached hydrogen (secondary N) is 2. The Hall–Kier alpha value is -1.57. The molecule has 0 saturated heterocycles. The van der Waals surface area contributed by atoms with Gasteiger partial charge in [-0.1, -0.05) is 11.6 Å². The molecule has 0 aliphatic rings. The minimum absolute atomic E-state index is 0.116. The molecule has 9 heteroatoms. The molecule has 0 radical (unpaired) electrons. The first-order valence-electron chi connectivity index (χ1n) is 7.08. The van der Waals surface area contributed by atoms with Gasteiger partial charge >= 0.3 is 0 Å². The molecule has 24 heavy (non-hydrogen) atoms. The summed E-state index contributed by atoms with van der Waals surface area (Å²) in [7, 11) is -3.59. The molecule has 130 valence electrons. The van der Waals surface area contributed by atoms with Crippen LogP contribution in [0.15, 0.2) is 24.4 Å². The maximum atomic E-state index is 12.3. The predicted molar refractivity (Wildman–Crippen MR) is 98.8 cm³/mol. The highest BCUT2D eigenvalue weighted by atomic mass is 35.5. The van der Waals surface area contributed by atoms with E-state index in [1.54, 1.807) is 45.2 Å². The van der Waals surface area contributed by atoms with Crippen LogP contribution in [-0.4, -0.2) is 23.1 Å². The van der Waals surface area contributed by atoms with Gasteiger partial charge in [-0.3, -0.25) is 4.72 Å². The first kappa shape index (κ1) is 18.8. The lowest BCUT2D eigenvalue weighted by atomic mass is 10.2. The van der Waals surface area contributed by atoms with E-state index < -0.39 is 14.8 Å². The lowest BCUT2D eigenvalue weighted by Gasteiger charge is -2.21. The zero-order chi connectivity index (χ0) is 18.1. The van der Waals surface area contributed by atoms with Gasteiger partial charge in [-0.2, -0.15) is 0 Å². The summed E-state index contributed by atoms with van der Waals surface area (Å²) >= 11 is 11.9. The summed E-state index contributed by atoms with van der Waals surface area (Å²) in [5.74, 6) is 0.530. The van der Waals surface area contributed by atoms with Crippen LogP contribution in [0.25, 0.3) is 0 Å². The van der Waals surface area contributed by atoms with Crippen LogP contribution in [0.3, 0.4) is 0 Å². The number of benzene rings is 1. The molecule has 2 N–H and O–H groups in total. The molecule has 0 amide bonds. The van der Waals surface area contributed by atoms with E-state index in [-0.39, 0.29) is 11.0 Å². The van der Waals surface area contributed by atoms with E-state index >= 15 is 0 Å². The van der Waals surface area contributed by atoms with Gasteiger partial charge in [0.2, 0.25) is 15.3 Å². The van der Waals surface area contributed by atoms with Crippen molar-refractivity contribution in [3.63, 3.8) is 0 Å². The second-order valence-electron chi connectivity index (χ2n) is 6.21. The number of hydrogen-bond donors (Lipinski definition) is 2. The van der Waals surface area contributed by atoms with Crippen LogP contribution in [0.1, 0.15) is 26.3 Å². The van der Waals surface area contributed by atoms with Crippen LogP contribution < -0.4 is 10.0 Å². The summed E-state index contributed by atoms with van der Waals surface area (Å²) in [6, 6.07) is 4.91. The second kappa shape index (κ2) is 6.74. The summed E-state index contributed by atoms with van der Waals surface area (Å²) in [6.45, 7) is 6.66. The van der Waals surface area contributed by atoms with Gasteiger partial charge in [0.1, 0.15) is 5.82 Å². The van der Waals surface area contributed by atoms with Gasteiger partial charge in [0.15, 0.2) is 0 Å². The van der Waals surface area contributed by atoms with Gasteiger partial charge in [0.05, 0.1) is 15.5 Å². The van der Waals surface area contributed by atoms with Crippen molar-refractivity contribution >= 4 is 50.4 Å². The minimum Gasteiger partial charge on any atom is -0.340 e. The van der Waals surface area contributed by atoms with E-state index in [0.29, 0.717) is 16.5 Å². The van der Waals surface area contributed by atoms with Crippen molar-refractivity contribution in [3.05, 3.63) is 40.3 Å². The number of aryl methyl sites for hydroxylation is 1. The first-order chi connectivity index (χ1) is 11.0. The first-order valence-corrected chi connectivity index (χ1v) is 9.31. The predicted octanol–water partition coefficient (Wildman–Crippen LogP) is 4.38. The lowest BCUT2D eigenvalue weighted by molar-refractivity contribution is 0.566. The minimum atomic E-state index is -3.59. The molecule has 2 rings (SSSR count). The molecule has 0 fully saturated rings. The molecule has 2 aromatic rings. The standard InChI is InChI=1S/C15H18Cl2N4O2S/c1-9-8-18-14(17)20-13(9)19-10-5-6-11(16)12(7-10)21-24(22,23)15(2,3)4/h5-8,21H,1-4H3,(H,18,19,20).